The Bertz CT molecular complexity index is 581. The predicted molar refractivity (Wildman–Crippen MR) is 86.5 cm³/mol. The van der Waals surface area contributed by atoms with E-state index < -0.39 is 10.0 Å². The minimum Gasteiger partial charge on any atom is -0.392 e. The molecule has 0 aromatic heterocycles. The third kappa shape index (κ3) is 3.86. The molecule has 1 aromatic carbocycles. The fourth-order valence-electron chi connectivity index (χ4n) is 2.84. The van der Waals surface area contributed by atoms with Crippen molar-refractivity contribution >= 4 is 26.0 Å². The third-order valence-corrected chi connectivity index (χ3v) is 6.94. The zero-order valence-corrected chi connectivity index (χ0v) is 14.7. The molecule has 2 rings (SSSR count). The van der Waals surface area contributed by atoms with Gasteiger partial charge in [0.05, 0.1) is 11.5 Å². The molecular formula is C15H22BrNO3S. The molecule has 6 heteroatoms. The highest BCUT2D eigenvalue weighted by atomic mass is 79.9. The molecule has 21 heavy (non-hydrogen) atoms. The fourth-order valence-corrected chi connectivity index (χ4v) is 5.39. The van der Waals surface area contributed by atoms with E-state index in [0.717, 1.165) is 19.3 Å². The molecule has 1 heterocycles. The maximum atomic E-state index is 12.7. The summed E-state index contributed by atoms with van der Waals surface area (Å²) in [5.74, 6) is 0.654. The maximum absolute atomic E-state index is 12.7. The number of aliphatic hydroxyl groups is 1. The molecule has 1 aliphatic heterocycles. The van der Waals surface area contributed by atoms with E-state index >= 15 is 0 Å². The van der Waals surface area contributed by atoms with Crippen molar-refractivity contribution in [3.63, 3.8) is 0 Å². The normalized spacial score (nSPS) is 18.0. The molecule has 0 atom stereocenters. The van der Waals surface area contributed by atoms with E-state index in [2.05, 4.69) is 22.9 Å². The number of hydrogen-bond acceptors (Lipinski definition) is 3. The lowest BCUT2D eigenvalue weighted by molar-refractivity contribution is 0.262. The number of halogens is 1. The fraction of sp³-hybridized carbons (Fsp3) is 0.600. The van der Waals surface area contributed by atoms with Gasteiger partial charge >= 0.3 is 0 Å². The Balaban J connectivity index is 2.16. The van der Waals surface area contributed by atoms with Crippen molar-refractivity contribution in [2.45, 2.75) is 44.1 Å². The molecule has 0 spiro atoms. The SMILES string of the molecule is CCCC1CCN(S(=O)(=O)c2ccc(CO)cc2Br)CC1. The van der Waals surface area contributed by atoms with Crippen LogP contribution in [0.3, 0.4) is 0 Å². The van der Waals surface area contributed by atoms with Crippen LogP contribution >= 0.6 is 15.9 Å². The summed E-state index contributed by atoms with van der Waals surface area (Å²) in [4.78, 5) is 0.286. The summed E-state index contributed by atoms with van der Waals surface area (Å²) in [7, 11) is -3.45. The first kappa shape index (κ1) is 16.9. The maximum Gasteiger partial charge on any atom is 0.244 e. The number of nitrogens with zero attached hydrogens (tertiary/aromatic N) is 1. The van der Waals surface area contributed by atoms with Crippen LogP contribution in [0.5, 0.6) is 0 Å². The van der Waals surface area contributed by atoms with Gasteiger partial charge in [0.15, 0.2) is 0 Å². The van der Waals surface area contributed by atoms with Crippen LogP contribution in [0.25, 0.3) is 0 Å². The first-order chi connectivity index (χ1) is 9.98. The van der Waals surface area contributed by atoms with E-state index in [1.165, 1.54) is 6.42 Å². The zero-order valence-electron chi connectivity index (χ0n) is 12.3. The van der Waals surface area contributed by atoms with Gasteiger partial charge in [-0.1, -0.05) is 25.8 Å². The Morgan fingerprint density at radius 3 is 2.52 bits per heavy atom. The van der Waals surface area contributed by atoms with Gasteiger partial charge in [-0.2, -0.15) is 4.31 Å². The standard InChI is InChI=1S/C15H22BrNO3S/c1-2-3-12-6-8-17(9-7-12)21(19,20)15-5-4-13(11-18)10-14(15)16/h4-5,10,12,18H,2-3,6-9,11H2,1H3. The highest BCUT2D eigenvalue weighted by Crippen LogP contribution is 2.30. The Labute approximate surface area is 135 Å². The van der Waals surface area contributed by atoms with Crippen LogP contribution in [0.2, 0.25) is 0 Å². The molecule has 0 amide bonds. The number of hydrogen-bond donors (Lipinski definition) is 1. The molecule has 1 aliphatic rings. The van der Waals surface area contributed by atoms with Gasteiger partial charge in [-0.15, -0.1) is 0 Å². The second-order valence-corrected chi connectivity index (χ2v) is 8.32. The third-order valence-electron chi connectivity index (χ3n) is 4.07. The Morgan fingerprint density at radius 2 is 2.00 bits per heavy atom. The lowest BCUT2D eigenvalue weighted by Gasteiger charge is -2.31. The molecule has 0 bridgehead atoms. The number of aliphatic hydroxyl groups excluding tert-OH is 1. The van der Waals surface area contributed by atoms with E-state index in [4.69, 9.17) is 5.11 Å². The Kier molecular flexibility index (Phi) is 5.82. The lowest BCUT2D eigenvalue weighted by atomic mass is 9.94. The van der Waals surface area contributed by atoms with Crippen molar-refractivity contribution in [2.24, 2.45) is 5.92 Å². The summed E-state index contributed by atoms with van der Waals surface area (Å²) in [6.45, 7) is 3.27. The van der Waals surface area contributed by atoms with Gasteiger partial charge in [0.2, 0.25) is 10.0 Å². The molecule has 0 radical (unpaired) electrons. The summed E-state index contributed by atoms with van der Waals surface area (Å²) < 4.78 is 27.5. The minimum absolute atomic E-state index is 0.0959. The number of sulfonamides is 1. The van der Waals surface area contributed by atoms with Crippen molar-refractivity contribution in [3.05, 3.63) is 28.2 Å². The highest BCUT2D eigenvalue weighted by molar-refractivity contribution is 9.10. The number of rotatable bonds is 5. The van der Waals surface area contributed by atoms with Crippen LogP contribution in [0.1, 0.15) is 38.2 Å². The smallest absolute Gasteiger partial charge is 0.244 e. The first-order valence-corrected chi connectivity index (χ1v) is 9.61. The second kappa shape index (κ2) is 7.22. The van der Waals surface area contributed by atoms with Gasteiger partial charge in [-0.3, -0.25) is 0 Å². The summed E-state index contributed by atoms with van der Waals surface area (Å²) in [5, 5.41) is 9.10. The van der Waals surface area contributed by atoms with Crippen LogP contribution < -0.4 is 0 Å². The first-order valence-electron chi connectivity index (χ1n) is 7.38. The monoisotopic (exact) mass is 375 g/mol. The van der Waals surface area contributed by atoms with Crippen molar-refractivity contribution in [2.75, 3.05) is 13.1 Å². The van der Waals surface area contributed by atoms with Gasteiger partial charge in [-0.25, -0.2) is 8.42 Å². The van der Waals surface area contributed by atoms with Crippen LogP contribution in [-0.4, -0.2) is 30.9 Å². The molecule has 1 saturated heterocycles. The Morgan fingerprint density at radius 1 is 1.33 bits per heavy atom. The zero-order chi connectivity index (χ0) is 15.5. The van der Waals surface area contributed by atoms with Gasteiger partial charge in [0, 0.05) is 17.6 Å². The summed E-state index contributed by atoms with van der Waals surface area (Å²) in [6, 6.07) is 4.89. The van der Waals surface area contributed by atoms with Gasteiger partial charge in [-0.05, 0) is 52.4 Å². The van der Waals surface area contributed by atoms with Gasteiger partial charge < -0.3 is 5.11 Å². The van der Waals surface area contributed by atoms with E-state index in [1.807, 2.05) is 0 Å². The summed E-state index contributed by atoms with van der Waals surface area (Å²) in [5.41, 5.74) is 0.697. The van der Waals surface area contributed by atoms with E-state index in [9.17, 15) is 8.42 Å². The quantitative estimate of drug-likeness (QED) is 0.859. The number of benzene rings is 1. The average molecular weight is 376 g/mol. The molecule has 0 saturated carbocycles. The van der Waals surface area contributed by atoms with E-state index in [0.29, 0.717) is 29.0 Å². The highest BCUT2D eigenvalue weighted by Gasteiger charge is 2.30. The summed E-state index contributed by atoms with van der Waals surface area (Å²) >= 11 is 3.31. The van der Waals surface area contributed by atoms with Crippen molar-refractivity contribution in [1.82, 2.24) is 4.31 Å². The molecule has 1 aromatic rings. The summed E-state index contributed by atoms with van der Waals surface area (Å²) in [6.07, 6.45) is 4.23. The number of piperidine rings is 1. The van der Waals surface area contributed by atoms with Gasteiger partial charge in [0.25, 0.3) is 0 Å². The second-order valence-electron chi connectivity index (χ2n) is 5.56. The average Bonchev–Trinajstić information content (AvgIpc) is 2.47. The molecule has 118 valence electrons. The van der Waals surface area contributed by atoms with Crippen molar-refractivity contribution in [3.8, 4) is 0 Å². The van der Waals surface area contributed by atoms with E-state index in [-0.39, 0.29) is 11.5 Å². The largest absolute Gasteiger partial charge is 0.392 e. The van der Waals surface area contributed by atoms with Crippen molar-refractivity contribution in [1.29, 1.82) is 0 Å². The van der Waals surface area contributed by atoms with E-state index in [1.54, 1.807) is 22.5 Å². The molecule has 1 fully saturated rings. The molecular weight excluding hydrogens is 354 g/mol. The molecule has 0 aliphatic carbocycles. The van der Waals surface area contributed by atoms with Crippen LogP contribution in [-0.2, 0) is 16.6 Å². The van der Waals surface area contributed by atoms with Gasteiger partial charge in [0.1, 0.15) is 0 Å². The van der Waals surface area contributed by atoms with Crippen LogP contribution in [0.15, 0.2) is 27.6 Å². The molecule has 1 N–H and O–H groups in total. The van der Waals surface area contributed by atoms with Crippen molar-refractivity contribution < 1.29 is 13.5 Å². The molecule has 0 unspecified atom stereocenters. The predicted octanol–water partition coefficient (Wildman–Crippen LogP) is 3.14. The van der Waals surface area contributed by atoms with Crippen LogP contribution in [0.4, 0.5) is 0 Å². The minimum atomic E-state index is -3.45. The Hall–Kier alpha value is -0.430. The topological polar surface area (TPSA) is 57.6 Å². The lowest BCUT2D eigenvalue weighted by Crippen LogP contribution is -2.38. The van der Waals surface area contributed by atoms with Crippen LogP contribution in [0, 0.1) is 5.92 Å². The molecule has 4 nitrogen and oxygen atoms in total.